The van der Waals surface area contributed by atoms with Gasteiger partial charge in [0.2, 0.25) is 5.89 Å². The Balaban J connectivity index is 1.59. The number of aromatic nitrogens is 1. The highest BCUT2D eigenvalue weighted by Crippen LogP contribution is 2.27. The highest BCUT2D eigenvalue weighted by atomic mass is 79.9. The van der Waals surface area contributed by atoms with Crippen LogP contribution in [0.2, 0.25) is 0 Å². The Labute approximate surface area is 163 Å². The fourth-order valence-electron chi connectivity index (χ4n) is 2.66. The van der Waals surface area contributed by atoms with E-state index in [1.807, 2.05) is 43.3 Å². The molecule has 2 heterocycles. The summed E-state index contributed by atoms with van der Waals surface area (Å²) in [6.07, 6.45) is 0. The molecule has 0 aliphatic heterocycles. The number of rotatable bonds is 4. The van der Waals surface area contributed by atoms with Crippen LogP contribution in [0.15, 0.2) is 68.1 Å². The van der Waals surface area contributed by atoms with Crippen molar-refractivity contribution in [1.82, 2.24) is 4.98 Å². The van der Waals surface area contributed by atoms with Crippen LogP contribution >= 0.6 is 15.9 Å². The maximum absolute atomic E-state index is 12.2. The van der Waals surface area contributed by atoms with E-state index in [-0.39, 0.29) is 11.7 Å². The highest BCUT2D eigenvalue weighted by Gasteiger charge is 2.13. The van der Waals surface area contributed by atoms with Gasteiger partial charge in [0.1, 0.15) is 5.52 Å². The Morgan fingerprint density at radius 2 is 1.81 bits per heavy atom. The van der Waals surface area contributed by atoms with Crippen molar-refractivity contribution in [3.05, 3.63) is 65.0 Å². The Hall–Kier alpha value is -3.06. The molecule has 4 rings (SSSR count). The molecule has 0 unspecified atom stereocenters. The van der Waals surface area contributed by atoms with Crippen LogP contribution in [-0.2, 0) is 0 Å². The molecule has 0 radical (unpaired) electrons. The molecule has 0 aliphatic rings. The summed E-state index contributed by atoms with van der Waals surface area (Å²) in [4.78, 5) is 18.8. The first-order chi connectivity index (χ1) is 13.0. The van der Waals surface area contributed by atoms with E-state index < -0.39 is 0 Å². The predicted octanol–water partition coefficient (Wildman–Crippen LogP) is 5.17. The van der Waals surface area contributed by atoms with Crippen molar-refractivity contribution in [2.45, 2.75) is 0 Å². The largest absolute Gasteiger partial charge is 0.444 e. The van der Waals surface area contributed by atoms with Gasteiger partial charge in [-0.2, -0.15) is 0 Å². The maximum Gasteiger partial charge on any atom is 0.291 e. The number of anilines is 2. The molecule has 27 heavy (non-hydrogen) atoms. The number of hydrogen-bond acceptors (Lipinski definition) is 5. The molecule has 2 aromatic heterocycles. The fourth-order valence-corrected chi connectivity index (χ4v) is 2.97. The van der Waals surface area contributed by atoms with Crippen LogP contribution < -0.4 is 10.2 Å². The number of oxazole rings is 1. The molecule has 0 spiro atoms. The minimum Gasteiger partial charge on any atom is -0.444 e. The summed E-state index contributed by atoms with van der Waals surface area (Å²) >= 11 is 3.18. The first-order valence-corrected chi connectivity index (χ1v) is 9.04. The predicted molar refractivity (Wildman–Crippen MR) is 108 cm³/mol. The third kappa shape index (κ3) is 3.59. The van der Waals surface area contributed by atoms with Crippen LogP contribution in [0.5, 0.6) is 0 Å². The van der Waals surface area contributed by atoms with Crippen molar-refractivity contribution >= 4 is 44.3 Å². The van der Waals surface area contributed by atoms with E-state index in [0.29, 0.717) is 27.3 Å². The van der Waals surface area contributed by atoms with Gasteiger partial charge in [-0.05, 0) is 70.5 Å². The first kappa shape index (κ1) is 17.4. The zero-order chi connectivity index (χ0) is 19.0. The van der Waals surface area contributed by atoms with Gasteiger partial charge in [-0.3, -0.25) is 4.79 Å². The van der Waals surface area contributed by atoms with Crippen molar-refractivity contribution < 1.29 is 13.6 Å². The van der Waals surface area contributed by atoms with Crippen LogP contribution in [0.1, 0.15) is 10.6 Å². The normalized spacial score (nSPS) is 10.9. The molecule has 7 heteroatoms. The second kappa shape index (κ2) is 6.92. The fraction of sp³-hybridized carbons (Fsp3) is 0.100. The Bertz CT molecular complexity index is 1110. The molecule has 0 aliphatic carbocycles. The van der Waals surface area contributed by atoms with Crippen LogP contribution in [0.4, 0.5) is 11.4 Å². The molecule has 0 saturated heterocycles. The number of fused-ring (bicyclic) bond motifs is 1. The topological polar surface area (TPSA) is 71.5 Å². The van der Waals surface area contributed by atoms with Gasteiger partial charge in [0.05, 0.1) is 0 Å². The minimum atomic E-state index is -0.331. The number of nitrogens with one attached hydrogen (secondary N) is 1. The zero-order valence-electron chi connectivity index (χ0n) is 14.7. The number of halogens is 1. The molecule has 6 nitrogen and oxygen atoms in total. The molecule has 136 valence electrons. The lowest BCUT2D eigenvalue weighted by Crippen LogP contribution is -2.10. The van der Waals surface area contributed by atoms with Gasteiger partial charge in [0.25, 0.3) is 5.91 Å². The van der Waals surface area contributed by atoms with Crippen LogP contribution in [0.25, 0.3) is 22.6 Å². The molecular weight excluding hydrogens is 410 g/mol. The number of benzene rings is 2. The molecule has 1 amide bonds. The summed E-state index contributed by atoms with van der Waals surface area (Å²) in [6, 6.07) is 16.6. The smallest absolute Gasteiger partial charge is 0.291 e. The first-order valence-electron chi connectivity index (χ1n) is 8.24. The molecular formula is C20H16BrN3O3. The van der Waals surface area contributed by atoms with Gasteiger partial charge in [-0.1, -0.05) is 0 Å². The van der Waals surface area contributed by atoms with Gasteiger partial charge in [-0.15, -0.1) is 0 Å². The summed E-state index contributed by atoms with van der Waals surface area (Å²) < 4.78 is 11.6. The molecule has 4 aromatic rings. The standard InChI is InChI=1S/C20H16BrN3O3/c1-24(2)14-6-3-12(4-7-14)20-23-15-11-13(5-8-16(15)27-20)22-19(25)17-9-10-18(21)26-17/h3-11H,1-2H3,(H,22,25). The van der Waals surface area contributed by atoms with Crippen molar-refractivity contribution in [1.29, 1.82) is 0 Å². The second-order valence-electron chi connectivity index (χ2n) is 6.20. The average Bonchev–Trinajstić information content (AvgIpc) is 3.27. The number of furan rings is 1. The second-order valence-corrected chi connectivity index (χ2v) is 6.98. The number of carbonyl (C=O) groups excluding carboxylic acids is 1. The summed E-state index contributed by atoms with van der Waals surface area (Å²) in [5.41, 5.74) is 3.93. The van der Waals surface area contributed by atoms with Gasteiger partial charge in [0, 0.05) is 31.0 Å². The summed E-state index contributed by atoms with van der Waals surface area (Å²) in [7, 11) is 3.98. The van der Waals surface area contributed by atoms with E-state index in [2.05, 4.69) is 26.2 Å². The van der Waals surface area contributed by atoms with Gasteiger partial charge < -0.3 is 19.1 Å². The number of carbonyl (C=O) groups is 1. The maximum atomic E-state index is 12.2. The number of nitrogens with zero attached hydrogens (tertiary/aromatic N) is 2. The number of hydrogen-bond donors (Lipinski definition) is 1. The molecule has 0 saturated carbocycles. The van der Waals surface area contributed by atoms with Crippen molar-refractivity contribution in [3.63, 3.8) is 0 Å². The van der Waals surface area contributed by atoms with E-state index in [1.54, 1.807) is 30.3 Å². The molecule has 0 atom stereocenters. The lowest BCUT2D eigenvalue weighted by molar-refractivity contribution is 0.0995. The van der Waals surface area contributed by atoms with Crippen LogP contribution in [0, 0.1) is 0 Å². The monoisotopic (exact) mass is 425 g/mol. The Kier molecular flexibility index (Phi) is 4.45. The number of amides is 1. The zero-order valence-corrected chi connectivity index (χ0v) is 16.3. The van der Waals surface area contributed by atoms with Gasteiger partial charge in [-0.25, -0.2) is 4.98 Å². The van der Waals surface area contributed by atoms with Crippen molar-refractivity contribution in [3.8, 4) is 11.5 Å². The Morgan fingerprint density at radius 3 is 2.48 bits per heavy atom. The van der Waals surface area contributed by atoms with Gasteiger partial charge in [0.15, 0.2) is 16.0 Å². The van der Waals surface area contributed by atoms with E-state index >= 15 is 0 Å². The van der Waals surface area contributed by atoms with E-state index in [9.17, 15) is 4.79 Å². The quantitative estimate of drug-likeness (QED) is 0.488. The highest BCUT2D eigenvalue weighted by molar-refractivity contribution is 9.10. The van der Waals surface area contributed by atoms with Crippen molar-refractivity contribution in [2.75, 3.05) is 24.3 Å². The molecule has 0 fully saturated rings. The SMILES string of the molecule is CN(C)c1ccc(-c2nc3cc(NC(=O)c4ccc(Br)o4)ccc3o2)cc1. The summed E-state index contributed by atoms with van der Waals surface area (Å²) in [5, 5.41) is 2.79. The summed E-state index contributed by atoms with van der Waals surface area (Å²) in [5.74, 6) is 0.431. The van der Waals surface area contributed by atoms with Crippen LogP contribution in [-0.4, -0.2) is 25.0 Å². The van der Waals surface area contributed by atoms with Crippen LogP contribution in [0.3, 0.4) is 0 Å². The van der Waals surface area contributed by atoms with E-state index in [4.69, 9.17) is 8.83 Å². The lowest BCUT2D eigenvalue weighted by Gasteiger charge is -2.11. The summed E-state index contributed by atoms with van der Waals surface area (Å²) in [6.45, 7) is 0. The van der Waals surface area contributed by atoms with E-state index in [0.717, 1.165) is 11.3 Å². The average molecular weight is 426 g/mol. The molecule has 0 bridgehead atoms. The lowest BCUT2D eigenvalue weighted by atomic mass is 10.2. The molecule has 1 N–H and O–H groups in total. The molecule has 2 aromatic carbocycles. The minimum absolute atomic E-state index is 0.226. The van der Waals surface area contributed by atoms with Gasteiger partial charge >= 0.3 is 0 Å². The third-order valence-electron chi connectivity index (χ3n) is 4.07. The van der Waals surface area contributed by atoms with E-state index in [1.165, 1.54) is 0 Å². The third-order valence-corrected chi connectivity index (χ3v) is 4.50. The Morgan fingerprint density at radius 1 is 1.04 bits per heavy atom. The van der Waals surface area contributed by atoms with Crippen molar-refractivity contribution in [2.24, 2.45) is 0 Å².